The molecule has 17 heavy (non-hydrogen) atoms. The van der Waals surface area contributed by atoms with E-state index in [2.05, 4.69) is 10.4 Å². The van der Waals surface area contributed by atoms with Gasteiger partial charge in [0.25, 0.3) is 0 Å². The van der Waals surface area contributed by atoms with E-state index in [0.29, 0.717) is 5.82 Å². The number of carbonyl (C=O) groups is 2. The van der Waals surface area contributed by atoms with E-state index in [-0.39, 0.29) is 0 Å². The zero-order valence-corrected chi connectivity index (χ0v) is 10.3. The fourth-order valence-electron chi connectivity index (χ4n) is 1.07. The van der Waals surface area contributed by atoms with E-state index < -0.39 is 17.5 Å². The van der Waals surface area contributed by atoms with Crippen molar-refractivity contribution in [3.05, 3.63) is 12.3 Å². The second-order valence-corrected chi connectivity index (χ2v) is 4.23. The molecule has 7 nitrogen and oxygen atoms in total. The van der Waals surface area contributed by atoms with Crippen LogP contribution in [0, 0.1) is 0 Å². The maximum Gasteiger partial charge on any atom is 0.329 e. The van der Waals surface area contributed by atoms with Crippen molar-refractivity contribution < 1.29 is 14.7 Å². The summed E-state index contributed by atoms with van der Waals surface area (Å²) in [5.74, 6) is -0.693. The summed E-state index contributed by atoms with van der Waals surface area (Å²) in [6.07, 6.45) is 1.68. The molecule has 7 heteroatoms. The summed E-state index contributed by atoms with van der Waals surface area (Å²) >= 11 is 0. The molecule has 0 aliphatic heterocycles. The van der Waals surface area contributed by atoms with Crippen molar-refractivity contribution in [3.8, 4) is 0 Å². The number of hydrogen-bond acceptors (Lipinski definition) is 3. The number of anilines is 1. The Labute approximate surface area is 99.0 Å². The number of hydrogen-bond donors (Lipinski definition) is 2. The third-order valence-corrected chi connectivity index (χ3v) is 2.62. The molecule has 0 fully saturated rings. The van der Waals surface area contributed by atoms with Crippen molar-refractivity contribution in [2.24, 2.45) is 7.05 Å². The van der Waals surface area contributed by atoms with Crippen LogP contribution >= 0.6 is 0 Å². The van der Waals surface area contributed by atoms with Gasteiger partial charge < -0.3 is 10.0 Å². The van der Waals surface area contributed by atoms with Gasteiger partial charge in [-0.2, -0.15) is 5.10 Å². The van der Waals surface area contributed by atoms with Gasteiger partial charge in [-0.3, -0.25) is 10.00 Å². The number of likely N-dealkylation sites (N-methyl/N-ethyl adjacent to an activating group) is 1. The van der Waals surface area contributed by atoms with E-state index in [1.807, 2.05) is 0 Å². The highest BCUT2D eigenvalue weighted by Gasteiger charge is 2.35. The molecule has 2 N–H and O–H groups in total. The number of aromatic nitrogens is 2. The average Bonchev–Trinajstić information content (AvgIpc) is 2.62. The first-order valence-corrected chi connectivity index (χ1v) is 5.03. The van der Waals surface area contributed by atoms with Gasteiger partial charge >= 0.3 is 12.0 Å². The highest BCUT2D eigenvalue weighted by atomic mass is 16.4. The molecule has 0 aliphatic rings. The number of aryl methyl sites for hydroxylation is 1. The van der Waals surface area contributed by atoms with Gasteiger partial charge in [0.05, 0.1) is 0 Å². The Kier molecular flexibility index (Phi) is 3.40. The Bertz CT molecular complexity index is 439. The summed E-state index contributed by atoms with van der Waals surface area (Å²) in [5, 5.41) is 15.5. The molecule has 0 bridgehead atoms. The van der Waals surface area contributed by atoms with Gasteiger partial charge in [0.2, 0.25) is 0 Å². The van der Waals surface area contributed by atoms with Crippen LogP contribution in [0.3, 0.4) is 0 Å². The van der Waals surface area contributed by atoms with E-state index in [1.54, 1.807) is 19.3 Å². The summed E-state index contributed by atoms with van der Waals surface area (Å²) in [7, 11) is 3.15. The van der Waals surface area contributed by atoms with Crippen LogP contribution < -0.4 is 5.32 Å². The molecular weight excluding hydrogens is 224 g/mol. The van der Waals surface area contributed by atoms with E-state index >= 15 is 0 Å². The van der Waals surface area contributed by atoms with Gasteiger partial charge in [0.15, 0.2) is 5.82 Å². The Morgan fingerprint density at radius 1 is 1.53 bits per heavy atom. The van der Waals surface area contributed by atoms with E-state index in [0.717, 1.165) is 4.90 Å². The third kappa shape index (κ3) is 2.74. The number of nitrogens with zero attached hydrogens (tertiary/aromatic N) is 3. The Morgan fingerprint density at radius 3 is 2.53 bits per heavy atom. The van der Waals surface area contributed by atoms with Gasteiger partial charge in [-0.25, -0.2) is 9.59 Å². The topological polar surface area (TPSA) is 87.5 Å². The Morgan fingerprint density at radius 2 is 2.12 bits per heavy atom. The maximum atomic E-state index is 11.8. The third-order valence-electron chi connectivity index (χ3n) is 2.62. The van der Waals surface area contributed by atoms with Gasteiger partial charge in [-0.05, 0) is 13.8 Å². The smallest absolute Gasteiger partial charge is 0.329 e. The SMILES string of the molecule is CN(C(=O)Nc1ccn(C)n1)C(C)(C)C(=O)O. The van der Waals surface area contributed by atoms with Gasteiger partial charge in [0.1, 0.15) is 5.54 Å². The molecule has 0 unspecified atom stereocenters. The molecular formula is C10H16N4O3. The molecule has 1 heterocycles. The molecule has 0 spiro atoms. The molecule has 1 aromatic rings. The minimum Gasteiger partial charge on any atom is -0.480 e. The van der Waals surface area contributed by atoms with Crippen LogP contribution in [-0.4, -0.2) is 44.4 Å². The lowest BCUT2D eigenvalue weighted by Crippen LogP contribution is -2.52. The zero-order valence-electron chi connectivity index (χ0n) is 10.3. The number of aliphatic carboxylic acids is 1. The molecule has 0 aliphatic carbocycles. The molecule has 2 amide bonds. The number of nitrogens with one attached hydrogen (secondary N) is 1. The van der Waals surface area contributed by atoms with Crippen LogP contribution in [0.25, 0.3) is 0 Å². The maximum absolute atomic E-state index is 11.8. The van der Waals surface area contributed by atoms with E-state index in [1.165, 1.54) is 25.6 Å². The summed E-state index contributed by atoms with van der Waals surface area (Å²) < 4.78 is 1.54. The second kappa shape index (κ2) is 4.44. The van der Waals surface area contributed by atoms with E-state index in [4.69, 9.17) is 5.11 Å². The first-order chi connectivity index (χ1) is 7.75. The van der Waals surface area contributed by atoms with Gasteiger partial charge in [-0.1, -0.05) is 0 Å². The number of amides is 2. The van der Waals surface area contributed by atoms with Crippen molar-refractivity contribution in [2.75, 3.05) is 12.4 Å². The number of carboxylic acid groups (broad SMARTS) is 1. The van der Waals surface area contributed by atoms with Crippen LogP contribution in [0.2, 0.25) is 0 Å². The minimum absolute atomic E-state index is 0.380. The molecule has 0 radical (unpaired) electrons. The molecule has 0 atom stereocenters. The standard InChI is InChI=1S/C10H16N4O3/c1-10(2,8(15)16)14(4)9(17)11-7-5-6-13(3)12-7/h5-6H,1-4H3,(H,15,16)(H,11,12,17). The van der Waals surface area contributed by atoms with Crippen molar-refractivity contribution in [1.29, 1.82) is 0 Å². The van der Waals surface area contributed by atoms with Crippen LogP contribution in [0.5, 0.6) is 0 Å². The van der Waals surface area contributed by atoms with Crippen molar-refractivity contribution in [2.45, 2.75) is 19.4 Å². The highest BCUT2D eigenvalue weighted by molar-refractivity contribution is 5.92. The quantitative estimate of drug-likeness (QED) is 0.816. The number of rotatable bonds is 3. The average molecular weight is 240 g/mol. The number of carboxylic acids is 1. The van der Waals surface area contributed by atoms with Crippen LogP contribution in [0.1, 0.15) is 13.8 Å². The lowest BCUT2D eigenvalue weighted by molar-refractivity contribution is -0.146. The van der Waals surface area contributed by atoms with Crippen LogP contribution in [0.4, 0.5) is 10.6 Å². The Balaban J connectivity index is 2.74. The molecule has 1 aromatic heterocycles. The van der Waals surface area contributed by atoms with Crippen molar-refractivity contribution in [3.63, 3.8) is 0 Å². The molecule has 0 saturated heterocycles. The number of urea groups is 1. The van der Waals surface area contributed by atoms with Gasteiger partial charge in [-0.15, -0.1) is 0 Å². The molecule has 1 rings (SSSR count). The summed E-state index contributed by atoms with van der Waals surface area (Å²) in [4.78, 5) is 23.9. The van der Waals surface area contributed by atoms with Crippen molar-refractivity contribution >= 4 is 17.8 Å². The highest BCUT2D eigenvalue weighted by Crippen LogP contribution is 2.14. The molecule has 0 saturated carbocycles. The summed E-state index contributed by atoms with van der Waals surface area (Å²) in [6.45, 7) is 2.90. The van der Waals surface area contributed by atoms with E-state index in [9.17, 15) is 9.59 Å². The fourth-order valence-corrected chi connectivity index (χ4v) is 1.07. The zero-order chi connectivity index (χ0) is 13.2. The summed E-state index contributed by atoms with van der Waals surface area (Å²) in [6, 6.07) is 1.11. The Hall–Kier alpha value is -2.05. The lowest BCUT2D eigenvalue weighted by atomic mass is 10.1. The van der Waals surface area contributed by atoms with Crippen LogP contribution in [0.15, 0.2) is 12.3 Å². The largest absolute Gasteiger partial charge is 0.480 e. The fraction of sp³-hybridized carbons (Fsp3) is 0.500. The summed E-state index contributed by atoms with van der Waals surface area (Å²) in [5.41, 5.74) is -1.28. The van der Waals surface area contributed by atoms with Crippen LogP contribution in [-0.2, 0) is 11.8 Å². The minimum atomic E-state index is -1.28. The predicted octanol–water partition coefficient (Wildman–Crippen LogP) is 0.747. The van der Waals surface area contributed by atoms with Gasteiger partial charge in [0, 0.05) is 26.4 Å². The normalized spacial score (nSPS) is 11.1. The first-order valence-electron chi connectivity index (χ1n) is 5.03. The van der Waals surface area contributed by atoms with Crippen molar-refractivity contribution in [1.82, 2.24) is 14.7 Å². The molecule has 0 aromatic carbocycles. The predicted molar refractivity (Wildman–Crippen MR) is 61.7 cm³/mol. The first kappa shape index (κ1) is 13.0. The molecule has 94 valence electrons. The monoisotopic (exact) mass is 240 g/mol. The second-order valence-electron chi connectivity index (χ2n) is 4.23. The number of carbonyl (C=O) groups excluding carboxylic acids is 1. The lowest BCUT2D eigenvalue weighted by Gasteiger charge is -2.31.